The predicted octanol–water partition coefficient (Wildman–Crippen LogP) is 3.06. The molecule has 1 saturated heterocycles. The van der Waals surface area contributed by atoms with Gasteiger partial charge in [0.2, 0.25) is 5.91 Å². The Balaban J connectivity index is 1.53. The second-order valence-electron chi connectivity index (χ2n) is 7.54. The van der Waals surface area contributed by atoms with E-state index in [1.165, 1.54) is 5.56 Å². The van der Waals surface area contributed by atoms with Crippen LogP contribution >= 0.6 is 0 Å². The number of benzene rings is 1. The number of nitrogens with zero attached hydrogens (tertiary/aromatic N) is 2. The summed E-state index contributed by atoms with van der Waals surface area (Å²) in [6.45, 7) is 5.31. The van der Waals surface area contributed by atoms with Crippen molar-refractivity contribution in [1.82, 2.24) is 9.88 Å². The Morgan fingerprint density at radius 3 is 2.89 bits per heavy atom. The van der Waals surface area contributed by atoms with Gasteiger partial charge in [0.15, 0.2) is 0 Å². The van der Waals surface area contributed by atoms with Gasteiger partial charge < -0.3 is 14.7 Å². The lowest BCUT2D eigenvalue weighted by molar-refractivity contribution is -0.140. The Kier molecular flexibility index (Phi) is 6.11. The van der Waals surface area contributed by atoms with E-state index in [1.807, 2.05) is 37.3 Å². The summed E-state index contributed by atoms with van der Waals surface area (Å²) in [5, 5.41) is 10.9. The summed E-state index contributed by atoms with van der Waals surface area (Å²) < 4.78 is 5.85. The van der Waals surface area contributed by atoms with Crippen LogP contribution in [-0.2, 0) is 11.2 Å². The molecule has 0 radical (unpaired) electrons. The highest BCUT2D eigenvalue weighted by molar-refractivity contribution is 5.76. The van der Waals surface area contributed by atoms with E-state index in [-0.39, 0.29) is 12.5 Å². The van der Waals surface area contributed by atoms with Crippen molar-refractivity contribution in [3.63, 3.8) is 0 Å². The van der Waals surface area contributed by atoms with Crippen molar-refractivity contribution in [3.05, 3.63) is 59.4 Å². The minimum absolute atomic E-state index is 0.0724. The number of hydrogen-bond acceptors (Lipinski definition) is 4. The molecule has 1 unspecified atom stereocenters. The first-order valence-electron chi connectivity index (χ1n) is 9.54. The number of piperidine rings is 1. The summed E-state index contributed by atoms with van der Waals surface area (Å²) in [6, 6.07) is 9.78. The van der Waals surface area contributed by atoms with E-state index in [1.54, 1.807) is 17.3 Å². The number of aliphatic hydroxyl groups is 1. The predicted molar refractivity (Wildman–Crippen MR) is 105 cm³/mol. The van der Waals surface area contributed by atoms with E-state index in [0.717, 1.165) is 23.3 Å². The first-order valence-corrected chi connectivity index (χ1v) is 9.54. The fraction of sp³-hybridized carbons (Fsp3) is 0.455. The van der Waals surface area contributed by atoms with E-state index in [2.05, 4.69) is 11.9 Å². The number of likely N-dealkylation sites (tertiary alicyclic amines) is 1. The molecule has 0 spiro atoms. The third-order valence-electron chi connectivity index (χ3n) is 5.24. The number of pyridine rings is 1. The first-order chi connectivity index (χ1) is 13.0. The van der Waals surface area contributed by atoms with Gasteiger partial charge in [-0.05, 0) is 68.0 Å². The smallest absolute Gasteiger partial charge is 0.223 e. The van der Waals surface area contributed by atoms with Gasteiger partial charge in [0.05, 0.1) is 6.54 Å². The van der Waals surface area contributed by atoms with Crippen LogP contribution in [0.15, 0.2) is 42.7 Å². The van der Waals surface area contributed by atoms with Gasteiger partial charge in [-0.3, -0.25) is 9.78 Å². The van der Waals surface area contributed by atoms with Gasteiger partial charge in [0.1, 0.15) is 18.0 Å². The maximum Gasteiger partial charge on any atom is 0.223 e. The van der Waals surface area contributed by atoms with Crippen LogP contribution in [0.2, 0.25) is 0 Å². The van der Waals surface area contributed by atoms with E-state index in [9.17, 15) is 9.90 Å². The number of β-amino-alcohol motifs (C(OH)–C–C–N with tert-alkyl or cyclic N) is 1. The summed E-state index contributed by atoms with van der Waals surface area (Å²) in [6.07, 6.45) is 6.04. The molecule has 2 heterocycles. The van der Waals surface area contributed by atoms with Crippen LogP contribution in [0.25, 0.3) is 0 Å². The lowest BCUT2D eigenvalue weighted by atomic mass is 9.93. The zero-order chi connectivity index (χ0) is 19.3. The highest BCUT2D eigenvalue weighted by Crippen LogP contribution is 2.24. The molecule has 0 aliphatic carbocycles. The third kappa shape index (κ3) is 5.30. The van der Waals surface area contributed by atoms with Gasteiger partial charge >= 0.3 is 0 Å². The molecule has 5 heteroatoms. The number of carbonyl (C=O) groups is 1. The van der Waals surface area contributed by atoms with Gasteiger partial charge in [0.25, 0.3) is 0 Å². The largest absolute Gasteiger partial charge is 0.491 e. The third-order valence-corrected chi connectivity index (χ3v) is 5.24. The monoisotopic (exact) mass is 368 g/mol. The van der Waals surface area contributed by atoms with Crippen LogP contribution in [0.1, 0.15) is 36.0 Å². The molecule has 1 amide bonds. The molecule has 1 fully saturated rings. The van der Waals surface area contributed by atoms with Crippen molar-refractivity contribution < 1.29 is 14.6 Å². The minimum atomic E-state index is -0.999. The van der Waals surface area contributed by atoms with Crippen molar-refractivity contribution in [1.29, 1.82) is 0 Å². The molecule has 144 valence electrons. The molecule has 27 heavy (non-hydrogen) atoms. The fourth-order valence-electron chi connectivity index (χ4n) is 3.42. The van der Waals surface area contributed by atoms with Crippen molar-refractivity contribution >= 4 is 5.91 Å². The number of aromatic nitrogens is 1. The lowest BCUT2D eigenvalue weighted by Crippen LogP contribution is -2.53. The van der Waals surface area contributed by atoms with Gasteiger partial charge in [-0.25, -0.2) is 0 Å². The number of amides is 1. The van der Waals surface area contributed by atoms with Crippen LogP contribution in [0.3, 0.4) is 0 Å². The number of rotatable bonds is 6. The summed E-state index contributed by atoms with van der Waals surface area (Å²) >= 11 is 0. The topological polar surface area (TPSA) is 62.7 Å². The van der Waals surface area contributed by atoms with Crippen LogP contribution in [0, 0.1) is 13.8 Å². The number of aryl methyl sites for hydroxylation is 3. The molecule has 3 rings (SSSR count). The van der Waals surface area contributed by atoms with E-state index in [0.29, 0.717) is 32.4 Å². The van der Waals surface area contributed by atoms with Gasteiger partial charge in [-0.1, -0.05) is 12.1 Å². The summed E-state index contributed by atoms with van der Waals surface area (Å²) in [5.41, 5.74) is 2.43. The Bertz CT molecular complexity index is 778. The van der Waals surface area contributed by atoms with Crippen molar-refractivity contribution in [2.75, 3.05) is 19.7 Å². The Morgan fingerprint density at radius 2 is 2.15 bits per heavy atom. The van der Waals surface area contributed by atoms with Crippen LogP contribution in [0.4, 0.5) is 0 Å². The first kappa shape index (κ1) is 19.4. The quantitative estimate of drug-likeness (QED) is 0.851. The number of carbonyl (C=O) groups excluding carboxylic acids is 1. The molecular weight excluding hydrogens is 340 g/mol. The molecule has 1 N–H and O–H groups in total. The Morgan fingerprint density at radius 1 is 1.30 bits per heavy atom. The van der Waals surface area contributed by atoms with Crippen molar-refractivity contribution in [3.8, 4) is 5.75 Å². The molecule has 2 aromatic rings. The average Bonchev–Trinajstić information content (AvgIpc) is 2.68. The summed E-state index contributed by atoms with van der Waals surface area (Å²) in [4.78, 5) is 18.4. The molecule has 1 atom stereocenters. The second-order valence-corrected chi connectivity index (χ2v) is 7.54. The normalized spacial score (nSPS) is 19.7. The summed E-state index contributed by atoms with van der Waals surface area (Å²) in [5.74, 6) is 0.828. The highest BCUT2D eigenvalue weighted by Gasteiger charge is 2.35. The average molecular weight is 368 g/mol. The molecule has 0 bridgehead atoms. The second kappa shape index (κ2) is 8.53. The standard InChI is InChI=1S/C22H28N2O3/c1-17-6-8-20(13-18(17)2)27-16-22(26)10-4-12-24(15-22)21(25)9-7-19-5-3-11-23-14-19/h3,5-6,8,11,13-14,26H,4,7,9-10,12,15-16H2,1-2H3. The highest BCUT2D eigenvalue weighted by atomic mass is 16.5. The van der Waals surface area contributed by atoms with Gasteiger partial charge in [-0.2, -0.15) is 0 Å². The molecule has 1 aromatic heterocycles. The molecule has 1 aliphatic heterocycles. The van der Waals surface area contributed by atoms with E-state index in [4.69, 9.17) is 4.74 Å². The lowest BCUT2D eigenvalue weighted by Gasteiger charge is -2.39. The van der Waals surface area contributed by atoms with Gasteiger partial charge in [-0.15, -0.1) is 0 Å². The van der Waals surface area contributed by atoms with Gasteiger partial charge in [0, 0.05) is 25.4 Å². The maximum atomic E-state index is 12.6. The molecule has 0 saturated carbocycles. The number of hydrogen-bond donors (Lipinski definition) is 1. The molecule has 5 nitrogen and oxygen atoms in total. The Labute approximate surface area is 161 Å². The SMILES string of the molecule is Cc1ccc(OCC2(O)CCCN(C(=O)CCc3cccnc3)C2)cc1C. The van der Waals surface area contributed by atoms with Crippen molar-refractivity contribution in [2.24, 2.45) is 0 Å². The molecule has 1 aliphatic rings. The fourth-order valence-corrected chi connectivity index (χ4v) is 3.42. The van der Waals surface area contributed by atoms with Crippen LogP contribution in [0.5, 0.6) is 5.75 Å². The maximum absolute atomic E-state index is 12.6. The van der Waals surface area contributed by atoms with Crippen LogP contribution < -0.4 is 4.74 Å². The molecule has 1 aromatic carbocycles. The minimum Gasteiger partial charge on any atom is -0.491 e. The zero-order valence-electron chi connectivity index (χ0n) is 16.1. The van der Waals surface area contributed by atoms with Crippen molar-refractivity contribution in [2.45, 2.75) is 45.1 Å². The number of ether oxygens (including phenoxy) is 1. The van der Waals surface area contributed by atoms with E-state index >= 15 is 0 Å². The summed E-state index contributed by atoms with van der Waals surface area (Å²) in [7, 11) is 0. The zero-order valence-corrected chi connectivity index (χ0v) is 16.1. The molecular formula is C22H28N2O3. The van der Waals surface area contributed by atoms with Crippen LogP contribution in [-0.4, -0.2) is 46.2 Å². The Hall–Kier alpha value is -2.40. The van der Waals surface area contributed by atoms with E-state index < -0.39 is 5.60 Å².